The van der Waals surface area contributed by atoms with Crippen LogP contribution in [0, 0.1) is 0 Å². The molecule has 2 aromatic heterocycles. The molecule has 3 heterocycles. The van der Waals surface area contributed by atoms with Gasteiger partial charge in [0.05, 0.1) is 12.2 Å². The first-order chi connectivity index (χ1) is 10.9. The van der Waals surface area contributed by atoms with Gasteiger partial charge in [0.2, 0.25) is 0 Å². The lowest BCUT2D eigenvalue weighted by Gasteiger charge is -2.18. The van der Waals surface area contributed by atoms with Crippen LogP contribution in [-0.2, 0) is 19.4 Å². The van der Waals surface area contributed by atoms with Crippen LogP contribution in [0.5, 0.6) is 0 Å². The van der Waals surface area contributed by atoms with E-state index in [0.717, 1.165) is 38.2 Å². The van der Waals surface area contributed by atoms with Crippen molar-refractivity contribution >= 4 is 11.3 Å². The number of thiazole rings is 1. The Morgan fingerprint density at radius 2 is 2.00 bits per heavy atom. The van der Waals surface area contributed by atoms with E-state index in [1.807, 2.05) is 17.6 Å². The van der Waals surface area contributed by atoms with Gasteiger partial charge in [0.1, 0.15) is 5.01 Å². The summed E-state index contributed by atoms with van der Waals surface area (Å²) in [6, 6.07) is 10.5. The van der Waals surface area contributed by atoms with Crippen LogP contribution >= 0.6 is 11.3 Å². The molecule has 4 rings (SSSR count). The van der Waals surface area contributed by atoms with Crippen molar-refractivity contribution < 1.29 is 0 Å². The molecule has 0 unspecified atom stereocenters. The molecule has 112 valence electrons. The van der Waals surface area contributed by atoms with Crippen molar-refractivity contribution in [2.45, 2.75) is 19.4 Å². The van der Waals surface area contributed by atoms with Crippen LogP contribution in [0.1, 0.15) is 16.3 Å². The summed E-state index contributed by atoms with van der Waals surface area (Å²) in [5, 5.41) is 11.1. The molecule has 5 heteroatoms. The average molecular weight is 310 g/mol. The maximum absolute atomic E-state index is 4.56. The maximum Gasteiger partial charge on any atom is 0.107 e. The Bertz CT molecular complexity index is 733. The van der Waals surface area contributed by atoms with Crippen LogP contribution in [0.4, 0.5) is 0 Å². The summed E-state index contributed by atoms with van der Waals surface area (Å²) in [7, 11) is 0. The molecular weight excluding hydrogens is 292 g/mol. The van der Waals surface area contributed by atoms with Crippen molar-refractivity contribution in [2.75, 3.05) is 13.1 Å². The first-order valence-corrected chi connectivity index (χ1v) is 8.50. The molecule has 0 atom stereocenters. The Kier molecular flexibility index (Phi) is 3.74. The van der Waals surface area contributed by atoms with Gasteiger partial charge in [-0.25, -0.2) is 4.98 Å². The molecule has 1 aromatic carbocycles. The van der Waals surface area contributed by atoms with Crippen LogP contribution in [0.3, 0.4) is 0 Å². The maximum atomic E-state index is 4.56. The molecule has 0 saturated carbocycles. The van der Waals surface area contributed by atoms with Gasteiger partial charge >= 0.3 is 0 Å². The normalized spacial score (nSPS) is 15.5. The Labute approximate surface area is 133 Å². The quantitative estimate of drug-likeness (QED) is 0.808. The van der Waals surface area contributed by atoms with Crippen molar-refractivity contribution in [1.82, 2.24) is 20.1 Å². The number of fused-ring (bicyclic) bond motifs is 1. The minimum atomic E-state index is 0.954. The Hall–Kier alpha value is -1.98. The second kappa shape index (κ2) is 6.02. The molecule has 0 bridgehead atoms. The highest BCUT2D eigenvalue weighted by Gasteiger charge is 2.20. The summed E-state index contributed by atoms with van der Waals surface area (Å²) in [5.74, 6) is 0. The van der Waals surface area contributed by atoms with Gasteiger partial charge in [-0.2, -0.15) is 5.10 Å². The molecule has 1 aliphatic heterocycles. The molecule has 22 heavy (non-hydrogen) atoms. The third kappa shape index (κ3) is 2.69. The van der Waals surface area contributed by atoms with Crippen LogP contribution in [0.25, 0.3) is 11.3 Å². The molecule has 0 radical (unpaired) electrons. The third-order valence-corrected chi connectivity index (χ3v) is 4.96. The van der Waals surface area contributed by atoms with E-state index in [1.165, 1.54) is 21.8 Å². The fraction of sp³-hybridized carbons (Fsp3) is 0.294. The van der Waals surface area contributed by atoms with Gasteiger partial charge in [-0.05, 0) is 6.42 Å². The number of aromatic nitrogens is 3. The van der Waals surface area contributed by atoms with Crippen LogP contribution < -0.4 is 0 Å². The average Bonchev–Trinajstić information content (AvgIpc) is 3.16. The number of nitrogens with zero attached hydrogens (tertiary/aromatic N) is 3. The van der Waals surface area contributed by atoms with Crippen molar-refractivity contribution in [3.63, 3.8) is 0 Å². The van der Waals surface area contributed by atoms with E-state index >= 15 is 0 Å². The van der Waals surface area contributed by atoms with Gasteiger partial charge in [-0.1, -0.05) is 30.3 Å². The monoisotopic (exact) mass is 310 g/mol. The van der Waals surface area contributed by atoms with Crippen LogP contribution in [0.15, 0.2) is 41.9 Å². The van der Waals surface area contributed by atoms with Gasteiger partial charge in [0, 0.05) is 47.9 Å². The Morgan fingerprint density at radius 3 is 2.82 bits per heavy atom. The molecule has 0 fully saturated rings. The summed E-state index contributed by atoms with van der Waals surface area (Å²) in [6.45, 7) is 3.07. The summed E-state index contributed by atoms with van der Waals surface area (Å²) in [4.78, 5) is 6.89. The number of H-pyrrole nitrogens is 1. The number of hydrogen-bond acceptors (Lipinski definition) is 4. The zero-order valence-electron chi connectivity index (χ0n) is 12.3. The zero-order chi connectivity index (χ0) is 14.8. The van der Waals surface area contributed by atoms with Crippen LogP contribution in [-0.4, -0.2) is 33.2 Å². The van der Waals surface area contributed by atoms with Gasteiger partial charge in [-0.15, -0.1) is 11.3 Å². The first-order valence-electron chi connectivity index (χ1n) is 7.62. The van der Waals surface area contributed by atoms with Gasteiger partial charge in [0.25, 0.3) is 0 Å². The number of aromatic amines is 1. The second-order valence-electron chi connectivity index (χ2n) is 5.60. The minimum Gasteiger partial charge on any atom is -0.296 e. The Morgan fingerprint density at radius 1 is 1.14 bits per heavy atom. The van der Waals surface area contributed by atoms with E-state index in [0.29, 0.717) is 0 Å². The largest absolute Gasteiger partial charge is 0.296 e. The highest BCUT2D eigenvalue weighted by molar-refractivity contribution is 7.09. The molecule has 4 nitrogen and oxygen atoms in total. The van der Waals surface area contributed by atoms with E-state index in [1.54, 1.807) is 11.3 Å². The lowest BCUT2D eigenvalue weighted by Crippen LogP contribution is -2.26. The van der Waals surface area contributed by atoms with Crippen LogP contribution in [0.2, 0.25) is 0 Å². The van der Waals surface area contributed by atoms with Gasteiger partial charge in [-0.3, -0.25) is 10.00 Å². The predicted molar refractivity (Wildman–Crippen MR) is 88.8 cm³/mol. The van der Waals surface area contributed by atoms with E-state index in [-0.39, 0.29) is 0 Å². The summed E-state index contributed by atoms with van der Waals surface area (Å²) in [6.07, 6.45) is 3.96. The molecular formula is C17H18N4S. The van der Waals surface area contributed by atoms with Crippen molar-refractivity contribution in [3.05, 3.63) is 58.2 Å². The van der Waals surface area contributed by atoms with Crippen molar-refractivity contribution in [1.29, 1.82) is 0 Å². The van der Waals surface area contributed by atoms with E-state index in [2.05, 4.69) is 44.3 Å². The fourth-order valence-corrected chi connectivity index (χ4v) is 3.70. The summed E-state index contributed by atoms with van der Waals surface area (Å²) >= 11 is 1.74. The second-order valence-corrected chi connectivity index (χ2v) is 6.58. The SMILES string of the molecule is c1ccc(-c2n[nH]c3c2CCN(Cc2nccs2)CC3)cc1. The molecule has 0 spiro atoms. The summed E-state index contributed by atoms with van der Waals surface area (Å²) < 4.78 is 0. The smallest absolute Gasteiger partial charge is 0.107 e. The van der Waals surface area contributed by atoms with E-state index in [9.17, 15) is 0 Å². The van der Waals surface area contributed by atoms with Gasteiger partial charge in [0.15, 0.2) is 0 Å². The molecule has 1 N–H and O–H groups in total. The van der Waals surface area contributed by atoms with Gasteiger partial charge < -0.3 is 0 Å². The van der Waals surface area contributed by atoms with E-state index < -0.39 is 0 Å². The minimum absolute atomic E-state index is 0.954. The lowest BCUT2D eigenvalue weighted by atomic mass is 10.0. The molecule has 1 aliphatic rings. The first kappa shape index (κ1) is 13.7. The molecule has 0 aliphatic carbocycles. The number of benzene rings is 1. The highest BCUT2D eigenvalue weighted by Crippen LogP contribution is 2.26. The Balaban J connectivity index is 1.54. The lowest BCUT2D eigenvalue weighted by molar-refractivity contribution is 0.278. The van der Waals surface area contributed by atoms with E-state index in [4.69, 9.17) is 0 Å². The third-order valence-electron chi connectivity index (χ3n) is 4.20. The summed E-state index contributed by atoms with van der Waals surface area (Å²) in [5.41, 5.74) is 4.99. The molecule has 3 aromatic rings. The highest BCUT2D eigenvalue weighted by atomic mass is 32.1. The topological polar surface area (TPSA) is 44.8 Å². The van der Waals surface area contributed by atoms with Crippen molar-refractivity contribution in [3.8, 4) is 11.3 Å². The standard InChI is InChI=1S/C17H18N4S/c1-2-4-13(5-3-1)17-14-6-9-21(10-7-15(14)19-20-17)12-16-18-8-11-22-16/h1-5,8,11H,6-7,9-10,12H2,(H,19,20). The van der Waals surface area contributed by atoms with Crippen molar-refractivity contribution in [2.24, 2.45) is 0 Å². The molecule has 0 amide bonds. The zero-order valence-corrected chi connectivity index (χ0v) is 13.1. The fourth-order valence-electron chi connectivity index (χ4n) is 3.04. The number of hydrogen-bond donors (Lipinski definition) is 1. The predicted octanol–water partition coefficient (Wildman–Crippen LogP) is 3.13. The molecule has 0 saturated heterocycles. The number of nitrogens with one attached hydrogen (secondary N) is 1. The number of rotatable bonds is 3.